The molecule has 0 aromatic carbocycles. The van der Waals surface area contributed by atoms with Gasteiger partial charge in [0, 0.05) is 23.7 Å². The number of hydrogen-bond donors (Lipinski definition) is 0. The SMILES string of the molecule is N#Cc1ccc(S(=O)(=O)N(Cc2cccs2)C2CC2)cn1. The van der Waals surface area contributed by atoms with Crippen LogP contribution in [0.15, 0.2) is 40.7 Å². The molecule has 0 atom stereocenters. The Bertz CT molecular complexity index is 758. The van der Waals surface area contributed by atoms with Gasteiger partial charge in [0.05, 0.1) is 0 Å². The van der Waals surface area contributed by atoms with Crippen LogP contribution < -0.4 is 0 Å². The predicted octanol–water partition coefficient (Wildman–Crippen LogP) is 2.37. The number of hydrogen-bond acceptors (Lipinski definition) is 5. The molecule has 3 rings (SSSR count). The Morgan fingerprint density at radius 2 is 2.19 bits per heavy atom. The smallest absolute Gasteiger partial charge is 0.244 e. The van der Waals surface area contributed by atoms with E-state index < -0.39 is 10.0 Å². The number of pyridine rings is 1. The highest BCUT2D eigenvalue weighted by Crippen LogP contribution is 2.34. The first-order valence-corrected chi connectivity index (χ1v) is 8.83. The number of aromatic nitrogens is 1. The van der Waals surface area contributed by atoms with Crippen molar-refractivity contribution < 1.29 is 8.42 Å². The van der Waals surface area contributed by atoms with Crippen LogP contribution in [0.2, 0.25) is 0 Å². The van der Waals surface area contributed by atoms with E-state index in [9.17, 15) is 8.42 Å². The van der Waals surface area contributed by atoms with Crippen molar-refractivity contribution in [2.45, 2.75) is 30.3 Å². The Hall–Kier alpha value is -1.75. The fourth-order valence-corrected chi connectivity index (χ4v) is 4.46. The fraction of sp³-hybridized carbons (Fsp3) is 0.286. The zero-order valence-electron chi connectivity index (χ0n) is 11.1. The van der Waals surface area contributed by atoms with Crippen molar-refractivity contribution in [3.8, 4) is 6.07 Å². The third kappa shape index (κ3) is 2.97. The van der Waals surface area contributed by atoms with E-state index in [2.05, 4.69) is 4.98 Å². The molecule has 0 aliphatic heterocycles. The first kappa shape index (κ1) is 14.2. The number of sulfonamides is 1. The number of nitrogens with zero attached hydrogens (tertiary/aromatic N) is 3. The molecule has 0 bridgehead atoms. The van der Waals surface area contributed by atoms with Crippen molar-refractivity contribution in [1.29, 1.82) is 5.26 Å². The Kier molecular flexibility index (Phi) is 3.76. The quantitative estimate of drug-likeness (QED) is 0.848. The molecule has 1 aliphatic carbocycles. The summed E-state index contributed by atoms with van der Waals surface area (Å²) in [5, 5.41) is 10.7. The standard InChI is InChI=1S/C14H13N3O2S2/c15-8-11-3-6-14(9-16-11)21(18,19)17(12-4-5-12)10-13-2-1-7-20-13/h1-3,6-7,9,12H,4-5,10H2. The first-order chi connectivity index (χ1) is 10.1. The van der Waals surface area contributed by atoms with Gasteiger partial charge in [-0.25, -0.2) is 13.4 Å². The molecular weight excluding hydrogens is 306 g/mol. The van der Waals surface area contributed by atoms with Crippen molar-refractivity contribution in [1.82, 2.24) is 9.29 Å². The average molecular weight is 319 g/mol. The molecule has 0 N–H and O–H groups in total. The van der Waals surface area contributed by atoms with Gasteiger partial charge in [0.1, 0.15) is 16.7 Å². The van der Waals surface area contributed by atoms with Gasteiger partial charge >= 0.3 is 0 Å². The van der Waals surface area contributed by atoms with E-state index in [0.717, 1.165) is 17.7 Å². The summed E-state index contributed by atoms with van der Waals surface area (Å²) in [6.07, 6.45) is 3.06. The van der Waals surface area contributed by atoms with E-state index in [0.29, 0.717) is 6.54 Å². The summed E-state index contributed by atoms with van der Waals surface area (Å²) < 4.78 is 27.0. The van der Waals surface area contributed by atoms with Crippen LogP contribution in [0.25, 0.3) is 0 Å². The van der Waals surface area contributed by atoms with Gasteiger partial charge in [-0.15, -0.1) is 11.3 Å². The van der Waals surface area contributed by atoms with E-state index in [1.54, 1.807) is 15.6 Å². The van der Waals surface area contributed by atoms with E-state index in [1.807, 2.05) is 23.6 Å². The first-order valence-electron chi connectivity index (χ1n) is 6.51. The lowest BCUT2D eigenvalue weighted by Crippen LogP contribution is -2.32. The van der Waals surface area contributed by atoms with Gasteiger partial charge in [-0.3, -0.25) is 0 Å². The van der Waals surface area contributed by atoms with Crippen molar-refractivity contribution in [2.24, 2.45) is 0 Å². The zero-order valence-corrected chi connectivity index (χ0v) is 12.8. The Balaban J connectivity index is 1.91. The maximum absolute atomic E-state index is 12.7. The Labute approximate surface area is 127 Å². The second kappa shape index (κ2) is 5.56. The van der Waals surface area contributed by atoms with Crippen LogP contribution in [0.3, 0.4) is 0 Å². The highest BCUT2D eigenvalue weighted by Gasteiger charge is 2.38. The maximum atomic E-state index is 12.7. The summed E-state index contributed by atoms with van der Waals surface area (Å²) in [4.78, 5) is 5.02. The normalized spacial score (nSPS) is 15.0. The molecule has 1 saturated carbocycles. The van der Waals surface area contributed by atoms with E-state index in [1.165, 1.54) is 18.3 Å². The molecule has 0 radical (unpaired) electrons. The highest BCUT2D eigenvalue weighted by atomic mass is 32.2. The monoisotopic (exact) mass is 319 g/mol. The number of thiophene rings is 1. The van der Waals surface area contributed by atoms with Crippen LogP contribution >= 0.6 is 11.3 Å². The van der Waals surface area contributed by atoms with Crippen LogP contribution in [0.1, 0.15) is 23.4 Å². The van der Waals surface area contributed by atoms with Crippen LogP contribution in [-0.4, -0.2) is 23.7 Å². The van der Waals surface area contributed by atoms with Crippen LogP contribution in [0, 0.1) is 11.3 Å². The molecular formula is C14H13N3O2S2. The summed E-state index contributed by atoms with van der Waals surface area (Å²) >= 11 is 1.55. The van der Waals surface area contributed by atoms with Crippen LogP contribution in [-0.2, 0) is 16.6 Å². The summed E-state index contributed by atoms with van der Waals surface area (Å²) in [6.45, 7) is 0.394. The molecule has 21 heavy (non-hydrogen) atoms. The molecule has 0 amide bonds. The fourth-order valence-electron chi connectivity index (χ4n) is 2.06. The molecule has 5 nitrogen and oxygen atoms in total. The van der Waals surface area contributed by atoms with Gasteiger partial charge in [-0.05, 0) is 36.4 Å². The highest BCUT2D eigenvalue weighted by molar-refractivity contribution is 7.89. The lowest BCUT2D eigenvalue weighted by atomic mass is 10.4. The van der Waals surface area contributed by atoms with E-state index in [4.69, 9.17) is 5.26 Å². The number of rotatable bonds is 5. The molecule has 0 spiro atoms. The topological polar surface area (TPSA) is 74.1 Å². The second-order valence-electron chi connectivity index (χ2n) is 4.85. The molecule has 1 fully saturated rings. The van der Waals surface area contributed by atoms with Crippen molar-refractivity contribution in [3.63, 3.8) is 0 Å². The Morgan fingerprint density at radius 1 is 1.38 bits per heavy atom. The molecule has 108 valence electrons. The van der Waals surface area contributed by atoms with Crippen molar-refractivity contribution in [2.75, 3.05) is 0 Å². The van der Waals surface area contributed by atoms with Gasteiger partial charge in [0.25, 0.3) is 0 Å². The maximum Gasteiger partial charge on any atom is 0.245 e. The molecule has 2 aromatic rings. The summed E-state index contributed by atoms with van der Waals surface area (Å²) in [6, 6.07) is 8.70. The largest absolute Gasteiger partial charge is 0.245 e. The van der Waals surface area contributed by atoms with Gasteiger partial charge < -0.3 is 0 Å². The number of nitriles is 1. The van der Waals surface area contributed by atoms with Gasteiger partial charge in [-0.2, -0.15) is 9.57 Å². The molecule has 0 saturated heterocycles. The van der Waals surface area contributed by atoms with Gasteiger partial charge in [0.2, 0.25) is 10.0 Å². The lowest BCUT2D eigenvalue weighted by Gasteiger charge is -2.21. The summed E-state index contributed by atoms with van der Waals surface area (Å²) in [5.74, 6) is 0. The minimum Gasteiger partial charge on any atom is -0.244 e. The summed E-state index contributed by atoms with van der Waals surface area (Å²) in [5.41, 5.74) is 0.213. The van der Waals surface area contributed by atoms with Crippen LogP contribution in [0.4, 0.5) is 0 Å². The van der Waals surface area contributed by atoms with E-state index >= 15 is 0 Å². The van der Waals surface area contributed by atoms with Crippen molar-refractivity contribution >= 4 is 21.4 Å². The van der Waals surface area contributed by atoms with Gasteiger partial charge in [0.15, 0.2) is 0 Å². The third-order valence-electron chi connectivity index (χ3n) is 3.30. The Morgan fingerprint density at radius 3 is 2.71 bits per heavy atom. The van der Waals surface area contributed by atoms with Crippen molar-refractivity contribution in [3.05, 3.63) is 46.4 Å². The average Bonchev–Trinajstić information content (AvgIpc) is 3.20. The molecule has 1 aliphatic rings. The molecule has 0 unspecified atom stereocenters. The van der Waals surface area contributed by atoms with E-state index in [-0.39, 0.29) is 16.6 Å². The minimum absolute atomic E-state index is 0.0766. The predicted molar refractivity (Wildman–Crippen MR) is 79.0 cm³/mol. The third-order valence-corrected chi connectivity index (χ3v) is 6.05. The lowest BCUT2D eigenvalue weighted by molar-refractivity contribution is 0.401. The molecule has 2 aromatic heterocycles. The second-order valence-corrected chi connectivity index (χ2v) is 7.77. The summed E-state index contributed by atoms with van der Waals surface area (Å²) in [7, 11) is -3.57. The molecule has 7 heteroatoms. The molecule has 2 heterocycles. The minimum atomic E-state index is -3.57. The zero-order chi connectivity index (χ0) is 14.9. The van der Waals surface area contributed by atoms with Gasteiger partial charge in [-0.1, -0.05) is 6.07 Å². The van der Waals surface area contributed by atoms with Crippen LogP contribution in [0.5, 0.6) is 0 Å².